The Balaban J connectivity index is 2.48. The van der Waals surface area contributed by atoms with Crippen molar-refractivity contribution >= 4 is 18.0 Å². The normalized spacial score (nSPS) is 13.4. The molecule has 0 saturated carbocycles. The number of hydrogen-bond donors (Lipinski definition) is 3. The fraction of sp³-hybridized carbons (Fsp3) is 0.500. The molecule has 1 aromatic carbocycles. The Bertz CT molecular complexity index is 612. The molecule has 26 heavy (non-hydrogen) atoms. The van der Waals surface area contributed by atoms with Crippen molar-refractivity contribution < 1.29 is 29.0 Å². The zero-order valence-electron chi connectivity index (χ0n) is 15.4. The molecule has 2 atom stereocenters. The molecule has 8 nitrogen and oxygen atoms in total. The topological polar surface area (TPSA) is 114 Å². The number of rotatable bonds is 8. The van der Waals surface area contributed by atoms with E-state index in [1.165, 1.54) is 6.92 Å². The van der Waals surface area contributed by atoms with Crippen LogP contribution in [0.15, 0.2) is 30.3 Å². The van der Waals surface area contributed by atoms with Gasteiger partial charge in [-0.15, -0.1) is 0 Å². The molecule has 3 N–H and O–H groups in total. The first-order chi connectivity index (χ1) is 12.1. The number of ether oxygens (including phenoxy) is 2. The minimum atomic E-state index is -1.23. The molecular formula is C18H26N2O6. The van der Waals surface area contributed by atoms with Gasteiger partial charge in [-0.2, -0.15) is 0 Å². The third kappa shape index (κ3) is 8.48. The highest BCUT2D eigenvalue weighted by Gasteiger charge is 2.25. The van der Waals surface area contributed by atoms with E-state index in [1.54, 1.807) is 20.8 Å². The van der Waals surface area contributed by atoms with Crippen molar-refractivity contribution in [3.63, 3.8) is 0 Å². The van der Waals surface area contributed by atoms with Crippen molar-refractivity contribution in [2.45, 2.75) is 52.0 Å². The summed E-state index contributed by atoms with van der Waals surface area (Å²) in [5.41, 5.74) is 0.192. The van der Waals surface area contributed by atoms with Crippen LogP contribution in [0.5, 0.6) is 0 Å². The molecular weight excluding hydrogens is 340 g/mol. The molecule has 0 aliphatic carbocycles. The fourth-order valence-electron chi connectivity index (χ4n) is 1.89. The maximum absolute atomic E-state index is 12.1. The van der Waals surface area contributed by atoms with E-state index in [0.29, 0.717) is 0 Å². The number of carboxylic acid groups (broad SMARTS) is 1. The molecule has 0 aliphatic rings. The molecule has 144 valence electrons. The summed E-state index contributed by atoms with van der Waals surface area (Å²) in [5, 5.41) is 13.9. The van der Waals surface area contributed by atoms with Gasteiger partial charge in [0.05, 0.1) is 13.2 Å². The van der Waals surface area contributed by atoms with Gasteiger partial charge in [-0.3, -0.25) is 4.79 Å². The average molecular weight is 366 g/mol. The Morgan fingerprint density at radius 1 is 1.12 bits per heavy atom. The van der Waals surface area contributed by atoms with Gasteiger partial charge >= 0.3 is 12.1 Å². The van der Waals surface area contributed by atoms with Gasteiger partial charge in [0, 0.05) is 0 Å². The molecule has 0 radical (unpaired) electrons. The molecule has 1 aromatic rings. The van der Waals surface area contributed by atoms with Crippen molar-refractivity contribution in [2.24, 2.45) is 0 Å². The molecule has 1 rings (SSSR count). The number of carbonyl (C=O) groups is 3. The maximum Gasteiger partial charge on any atom is 0.408 e. The molecule has 0 saturated heterocycles. The first-order valence-corrected chi connectivity index (χ1v) is 8.23. The summed E-state index contributed by atoms with van der Waals surface area (Å²) in [6.45, 7) is 6.55. The van der Waals surface area contributed by atoms with E-state index in [0.717, 1.165) is 5.56 Å². The van der Waals surface area contributed by atoms with Crippen molar-refractivity contribution in [1.29, 1.82) is 0 Å². The lowest BCUT2D eigenvalue weighted by molar-refractivity contribution is -0.144. The summed E-state index contributed by atoms with van der Waals surface area (Å²) < 4.78 is 10.4. The van der Waals surface area contributed by atoms with Gasteiger partial charge in [-0.1, -0.05) is 30.3 Å². The fourth-order valence-corrected chi connectivity index (χ4v) is 1.89. The molecule has 2 amide bonds. The second-order valence-electron chi connectivity index (χ2n) is 6.77. The lowest BCUT2D eigenvalue weighted by Crippen LogP contribution is -2.52. The summed E-state index contributed by atoms with van der Waals surface area (Å²) in [5.74, 6) is -1.87. The van der Waals surface area contributed by atoms with Gasteiger partial charge in [0.25, 0.3) is 0 Å². The highest BCUT2D eigenvalue weighted by Crippen LogP contribution is 2.07. The summed E-state index contributed by atoms with van der Waals surface area (Å²) in [7, 11) is 0. The monoisotopic (exact) mass is 366 g/mol. The van der Waals surface area contributed by atoms with Crippen molar-refractivity contribution in [3.05, 3.63) is 35.9 Å². The van der Waals surface area contributed by atoms with Crippen LogP contribution in [0.4, 0.5) is 4.79 Å². The maximum atomic E-state index is 12.1. The Kier molecular flexibility index (Phi) is 8.05. The highest BCUT2D eigenvalue weighted by atomic mass is 16.6. The molecule has 0 fully saturated rings. The van der Waals surface area contributed by atoms with E-state index in [4.69, 9.17) is 9.47 Å². The third-order valence-corrected chi connectivity index (χ3v) is 3.14. The van der Waals surface area contributed by atoms with Gasteiger partial charge in [0.2, 0.25) is 5.91 Å². The van der Waals surface area contributed by atoms with Crippen LogP contribution < -0.4 is 10.6 Å². The molecule has 0 heterocycles. The number of aliphatic carboxylic acids is 1. The quantitative estimate of drug-likeness (QED) is 0.645. The van der Waals surface area contributed by atoms with Crippen LogP contribution in [0.2, 0.25) is 0 Å². The summed E-state index contributed by atoms with van der Waals surface area (Å²) in [4.78, 5) is 35.1. The van der Waals surface area contributed by atoms with E-state index in [9.17, 15) is 19.5 Å². The number of hydrogen-bond acceptors (Lipinski definition) is 5. The van der Waals surface area contributed by atoms with Crippen LogP contribution in [-0.2, 0) is 25.7 Å². The average Bonchev–Trinajstić information content (AvgIpc) is 2.52. The number of carboxylic acids is 1. The number of nitrogens with one attached hydrogen (secondary N) is 2. The largest absolute Gasteiger partial charge is 0.480 e. The van der Waals surface area contributed by atoms with Gasteiger partial charge in [0.1, 0.15) is 11.6 Å². The van der Waals surface area contributed by atoms with Crippen LogP contribution in [-0.4, -0.2) is 47.4 Å². The number of amides is 2. The van der Waals surface area contributed by atoms with Crippen LogP contribution in [0.25, 0.3) is 0 Å². The highest BCUT2D eigenvalue weighted by molar-refractivity contribution is 5.89. The molecule has 0 aromatic heterocycles. The van der Waals surface area contributed by atoms with Crippen molar-refractivity contribution in [3.8, 4) is 0 Å². The number of alkyl carbamates (subject to hydrolysis) is 1. The summed E-state index contributed by atoms with van der Waals surface area (Å²) in [6.07, 6.45) is -0.757. The van der Waals surface area contributed by atoms with Gasteiger partial charge in [-0.25, -0.2) is 9.59 Å². The zero-order valence-corrected chi connectivity index (χ0v) is 15.4. The van der Waals surface area contributed by atoms with Crippen molar-refractivity contribution in [1.82, 2.24) is 10.6 Å². The van der Waals surface area contributed by atoms with Gasteiger partial charge < -0.3 is 25.2 Å². The predicted molar refractivity (Wildman–Crippen MR) is 94.5 cm³/mol. The van der Waals surface area contributed by atoms with Crippen LogP contribution in [0.1, 0.15) is 33.3 Å². The Morgan fingerprint density at radius 3 is 2.27 bits per heavy atom. The van der Waals surface area contributed by atoms with E-state index in [1.807, 2.05) is 30.3 Å². The Labute approximate surface area is 152 Å². The standard InChI is InChI=1S/C18H26N2O6/c1-12(19-17(24)26-18(2,3)4)15(21)20-14(16(22)23)11-25-10-13-8-6-5-7-9-13/h5-9,12,14H,10-11H2,1-4H3,(H,19,24)(H,20,21)(H,22,23)/t12-,14-/m0/s1. The van der Waals surface area contributed by atoms with E-state index in [-0.39, 0.29) is 13.2 Å². The first kappa shape index (κ1) is 21.4. The first-order valence-electron chi connectivity index (χ1n) is 8.23. The third-order valence-electron chi connectivity index (χ3n) is 3.14. The predicted octanol–water partition coefficient (Wildman–Crippen LogP) is 1.69. The minimum absolute atomic E-state index is 0.199. The van der Waals surface area contributed by atoms with Crippen LogP contribution in [0.3, 0.4) is 0 Å². The smallest absolute Gasteiger partial charge is 0.408 e. The summed E-state index contributed by atoms with van der Waals surface area (Å²) >= 11 is 0. The SMILES string of the molecule is C[C@H](NC(=O)OC(C)(C)C)C(=O)N[C@@H](COCc1ccccc1)C(=O)O. The van der Waals surface area contributed by atoms with E-state index < -0.39 is 35.7 Å². The number of carbonyl (C=O) groups excluding carboxylic acids is 2. The van der Waals surface area contributed by atoms with Crippen LogP contribution in [0, 0.1) is 0 Å². The molecule has 8 heteroatoms. The van der Waals surface area contributed by atoms with Crippen molar-refractivity contribution in [2.75, 3.05) is 6.61 Å². The van der Waals surface area contributed by atoms with E-state index in [2.05, 4.69) is 10.6 Å². The second kappa shape index (κ2) is 9.76. The zero-order chi connectivity index (χ0) is 19.7. The van der Waals surface area contributed by atoms with Gasteiger partial charge in [0.15, 0.2) is 6.04 Å². The van der Waals surface area contributed by atoms with Gasteiger partial charge in [-0.05, 0) is 33.3 Å². The van der Waals surface area contributed by atoms with Crippen LogP contribution >= 0.6 is 0 Å². The lowest BCUT2D eigenvalue weighted by Gasteiger charge is -2.22. The van der Waals surface area contributed by atoms with E-state index >= 15 is 0 Å². The molecule has 0 aliphatic heterocycles. The Morgan fingerprint density at radius 2 is 1.73 bits per heavy atom. The lowest BCUT2D eigenvalue weighted by atomic mass is 10.2. The molecule has 0 spiro atoms. The Hall–Kier alpha value is -2.61. The second-order valence-corrected chi connectivity index (χ2v) is 6.77. The summed E-state index contributed by atoms with van der Waals surface area (Å²) in [6, 6.07) is 7.07. The molecule has 0 unspecified atom stereocenters. The number of benzene rings is 1. The molecule has 0 bridgehead atoms. The minimum Gasteiger partial charge on any atom is -0.480 e.